The first-order chi connectivity index (χ1) is 6.16. The highest BCUT2D eigenvalue weighted by Gasteiger charge is 2.18. The van der Waals surface area contributed by atoms with Crippen LogP contribution in [0.1, 0.15) is 13.3 Å². The van der Waals surface area contributed by atoms with Crippen LogP contribution in [0.3, 0.4) is 0 Å². The normalized spacial score (nSPS) is 10.0. The van der Waals surface area contributed by atoms with E-state index in [4.69, 9.17) is 0 Å². The first-order valence-electron chi connectivity index (χ1n) is 4.06. The smallest absolute Gasteiger partial charge is 0.364 e. The van der Waals surface area contributed by atoms with Crippen molar-refractivity contribution in [2.75, 3.05) is 11.9 Å². The highest BCUT2D eigenvalue weighted by atomic mass is 16.6. The molecule has 0 aliphatic carbocycles. The summed E-state index contributed by atoms with van der Waals surface area (Å²) in [6.07, 6.45) is 2.35. The van der Waals surface area contributed by atoms with Crippen molar-refractivity contribution in [2.24, 2.45) is 7.05 Å². The molecule has 13 heavy (non-hydrogen) atoms. The summed E-state index contributed by atoms with van der Waals surface area (Å²) in [5.74, 6) is 0.350. The SMILES string of the molecule is CCCNc1c([N+](=O)[O-])ncn1C. The molecule has 0 amide bonds. The van der Waals surface area contributed by atoms with Gasteiger partial charge in [0.2, 0.25) is 12.1 Å². The lowest BCUT2D eigenvalue weighted by Crippen LogP contribution is -2.06. The van der Waals surface area contributed by atoms with Gasteiger partial charge in [0.25, 0.3) is 0 Å². The number of aromatic nitrogens is 2. The van der Waals surface area contributed by atoms with Crippen LogP contribution in [0, 0.1) is 10.1 Å². The number of imidazole rings is 1. The van der Waals surface area contributed by atoms with Crippen LogP contribution in [0.15, 0.2) is 6.33 Å². The number of hydrogen-bond acceptors (Lipinski definition) is 4. The van der Waals surface area contributed by atoms with Gasteiger partial charge >= 0.3 is 5.82 Å². The molecule has 0 saturated heterocycles. The average Bonchev–Trinajstić information content (AvgIpc) is 2.43. The fourth-order valence-electron chi connectivity index (χ4n) is 0.999. The Morgan fingerprint density at radius 1 is 1.77 bits per heavy atom. The summed E-state index contributed by atoms with van der Waals surface area (Å²) in [4.78, 5) is 13.7. The molecule has 0 unspecified atom stereocenters. The molecular formula is C7H12N4O2. The number of anilines is 1. The molecule has 0 fully saturated rings. The molecule has 0 aromatic carbocycles. The highest BCUT2D eigenvalue weighted by molar-refractivity contribution is 5.51. The van der Waals surface area contributed by atoms with E-state index >= 15 is 0 Å². The third-order valence-corrected chi connectivity index (χ3v) is 1.63. The number of aryl methyl sites for hydroxylation is 1. The van der Waals surface area contributed by atoms with Gasteiger partial charge in [0.05, 0.1) is 0 Å². The third-order valence-electron chi connectivity index (χ3n) is 1.63. The van der Waals surface area contributed by atoms with Crippen LogP contribution < -0.4 is 5.32 Å². The molecule has 1 aromatic heterocycles. The van der Waals surface area contributed by atoms with E-state index in [2.05, 4.69) is 10.3 Å². The minimum absolute atomic E-state index is 0.115. The van der Waals surface area contributed by atoms with Crippen LogP contribution >= 0.6 is 0 Å². The van der Waals surface area contributed by atoms with E-state index in [0.717, 1.165) is 6.42 Å². The van der Waals surface area contributed by atoms with Crippen LogP contribution in [0.2, 0.25) is 0 Å². The van der Waals surface area contributed by atoms with Crippen LogP contribution in [0.25, 0.3) is 0 Å². The lowest BCUT2D eigenvalue weighted by molar-refractivity contribution is -0.388. The standard InChI is InChI=1S/C7H12N4O2/c1-3-4-8-6-7(11(12)13)9-5-10(6)2/h5,8H,3-4H2,1-2H3. The molecule has 1 N–H and O–H groups in total. The highest BCUT2D eigenvalue weighted by Crippen LogP contribution is 2.20. The van der Waals surface area contributed by atoms with Crippen LogP contribution in [0.4, 0.5) is 11.6 Å². The summed E-state index contributed by atoms with van der Waals surface area (Å²) >= 11 is 0. The van der Waals surface area contributed by atoms with Gasteiger partial charge < -0.3 is 15.4 Å². The Morgan fingerprint density at radius 2 is 2.46 bits per heavy atom. The first kappa shape index (κ1) is 9.50. The summed E-state index contributed by atoms with van der Waals surface area (Å²) in [6, 6.07) is 0. The Balaban J connectivity index is 2.88. The Kier molecular flexibility index (Phi) is 2.84. The van der Waals surface area contributed by atoms with Crippen molar-refractivity contribution in [3.05, 3.63) is 16.4 Å². The minimum atomic E-state index is -0.488. The van der Waals surface area contributed by atoms with Crippen molar-refractivity contribution in [2.45, 2.75) is 13.3 Å². The predicted molar refractivity (Wildman–Crippen MR) is 48.6 cm³/mol. The molecule has 1 aromatic rings. The summed E-state index contributed by atoms with van der Waals surface area (Å²) in [6.45, 7) is 2.70. The van der Waals surface area contributed by atoms with Gasteiger partial charge in [-0.1, -0.05) is 6.92 Å². The quantitative estimate of drug-likeness (QED) is 0.562. The number of nitro groups is 1. The second kappa shape index (κ2) is 3.88. The molecule has 0 atom stereocenters. The summed E-state index contributed by atoms with van der Waals surface area (Å²) in [5.41, 5.74) is 0. The van der Waals surface area contributed by atoms with Gasteiger partial charge in [0.15, 0.2) is 0 Å². The first-order valence-corrected chi connectivity index (χ1v) is 4.06. The van der Waals surface area contributed by atoms with E-state index in [0.29, 0.717) is 12.4 Å². The summed E-state index contributed by atoms with van der Waals surface area (Å²) < 4.78 is 1.60. The Morgan fingerprint density at radius 3 is 3.00 bits per heavy atom. The predicted octanol–water partition coefficient (Wildman–Crippen LogP) is 1.15. The molecule has 0 saturated carbocycles. The molecule has 0 radical (unpaired) electrons. The fraction of sp³-hybridized carbons (Fsp3) is 0.571. The molecule has 72 valence electrons. The van der Waals surface area contributed by atoms with E-state index in [1.807, 2.05) is 6.92 Å². The van der Waals surface area contributed by atoms with Crippen molar-refractivity contribution in [1.82, 2.24) is 9.55 Å². The zero-order valence-electron chi connectivity index (χ0n) is 7.65. The van der Waals surface area contributed by atoms with Crippen LogP contribution in [0.5, 0.6) is 0 Å². The second-order valence-electron chi connectivity index (χ2n) is 2.71. The van der Waals surface area contributed by atoms with E-state index < -0.39 is 4.92 Å². The van der Waals surface area contributed by atoms with Gasteiger partial charge in [-0.25, -0.2) is 0 Å². The lowest BCUT2D eigenvalue weighted by atomic mass is 10.5. The van der Waals surface area contributed by atoms with Crippen LogP contribution in [-0.2, 0) is 7.05 Å². The monoisotopic (exact) mass is 184 g/mol. The molecule has 6 nitrogen and oxygen atoms in total. The minimum Gasteiger partial charge on any atom is -0.364 e. The zero-order valence-corrected chi connectivity index (χ0v) is 7.65. The van der Waals surface area contributed by atoms with Gasteiger partial charge in [-0.3, -0.25) is 4.57 Å². The van der Waals surface area contributed by atoms with Gasteiger partial charge in [-0.15, -0.1) is 0 Å². The second-order valence-corrected chi connectivity index (χ2v) is 2.71. The van der Waals surface area contributed by atoms with E-state index in [1.54, 1.807) is 11.6 Å². The Hall–Kier alpha value is -1.59. The van der Waals surface area contributed by atoms with Crippen molar-refractivity contribution in [3.8, 4) is 0 Å². The Labute approximate surface area is 75.7 Å². The van der Waals surface area contributed by atoms with Gasteiger partial charge in [0.1, 0.15) is 0 Å². The van der Waals surface area contributed by atoms with Crippen molar-refractivity contribution in [1.29, 1.82) is 0 Å². The number of rotatable bonds is 4. The van der Waals surface area contributed by atoms with Gasteiger partial charge in [-0.2, -0.15) is 0 Å². The Bertz CT molecular complexity index is 307. The van der Waals surface area contributed by atoms with E-state index in [-0.39, 0.29) is 5.82 Å². The summed E-state index contributed by atoms with van der Waals surface area (Å²) in [7, 11) is 1.72. The number of nitrogens with one attached hydrogen (secondary N) is 1. The molecular weight excluding hydrogens is 172 g/mol. The zero-order chi connectivity index (χ0) is 9.84. The van der Waals surface area contributed by atoms with Gasteiger partial charge in [-0.05, 0) is 16.3 Å². The third kappa shape index (κ3) is 1.95. The molecule has 0 spiro atoms. The van der Waals surface area contributed by atoms with Crippen molar-refractivity contribution >= 4 is 11.6 Å². The van der Waals surface area contributed by atoms with Crippen molar-refractivity contribution < 1.29 is 4.92 Å². The lowest BCUT2D eigenvalue weighted by Gasteiger charge is -2.03. The molecule has 6 heteroatoms. The topological polar surface area (TPSA) is 73.0 Å². The molecule has 0 bridgehead atoms. The number of hydrogen-bond donors (Lipinski definition) is 1. The van der Waals surface area contributed by atoms with Gasteiger partial charge in [0, 0.05) is 13.6 Å². The maximum absolute atomic E-state index is 10.5. The molecule has 1 rings (SSSR count). The number of nitrogens with zero attached hydrogens (tertiary/aromatic N) is 3. The maximum atomic E-state index is 10.5. The maximum Gasteiger partial charge on any atom is 0.406 e. The fourth-order valence-corrected chi connectivity index (χ4v) is 0.999. The largest absolute Gasteiger partial charge is 0.406 e. The van der Waals surface area contributed by atoms with E-state index in [9.17, 15) is 10.1 Å². The average molecular weight is 184 g/mol. The molecule has 1 heterocycles. The molecule has 0 aliphatic heterocycles. The molecule has 0 aliphatic rings. The summed E-state index contributed by atoms with van der Waals surface area (Å²) in [5, 5.41) is 13.4. The van der Waals surface area contributed by atoms with E-state index in [1.165, 1.54) is 6.33 Å². The van der Waals surface area contributed by atoms with Crippen molar-refractivity contribution in [3.63, 3.8) is 0 Å². The van der Waals surface area contributed by atoms with Crippen LogP contribution in [-0.4, -0.2) is 21.0 Å².